The first kappa shape index (κ1) is 17.2. The Morgan fingerprint density at radius 3 is 2.44 bits per heavy atom. The Hall–Kier alpha value is -2.58. The van der Waals surface area contributed by atoms with Crippen molar-refractivity contribution in [3.05, 3.63) is 71.4 Å². The van der Waals surface area contributed by atoms with Gasteiger partial charge in [0.1, 0.15) is 5.82 Å². The van der Waals surface area contributed by atoms with Gasteiger partial charge in [-0.05, 0) is 24.6 Å². The van der Waals surface area contributed by atoms with E-state index in [1.54, 1.807) is 0 Å². The predicted molar refractivity (Wildman–Crippen MR) is 90.3 cm³/mol. The minimum atomic E-state index is -3.61. The topological polar surface area (TPSA) is 85.1 Å². The van der Waals surface area contributed by atoms with Gasteiger partial charge in [-0.1, -0.05) is 47.1 Å². The summed E-state index contributed by atoms with van der Waals surface area (Å²) in [6.07, 6.45) is 0. The van der Waals surface area contributed by atoms with Crippen molar-refractivity contribution in [2.75, 3.05) is 0 Å². The van der Waals surface area contributed by atoms with Gasteiger partial charge in [-0.15, -0.1) is 0 Å². The van der Waals surface area contributed by atoms with E-state index < -0.39 is 15.8 Å². The summed E-state index contributed by atoms with van der Waals surface area (Å²) in [6.45, 7) is 1.86. The zero-order valence-electron chi connectivity index (χ0n) is 13.4. The molecule has 0 radical (unpaired) electrons. The van der Waals surface area contributed by atoms with Crippen molar-refractivity contribution in [2.24, 2.45) is 0 Å². The van der Waals surface area contributed by atoms with E-state index in [1.807, 2.05) is 31.2 Å². The molecule has 1 heterocycles. The molecule has 25 heavy (non-hydrogen) atoms. The van der Waals surface area contributed by atoms with Gasteiger partial charge in [0.05, 0.1) is 12.3 Å². The number of rotatable bonds is 6. The molecule has 3 rings (SSSR count). The molecule has 3 aromatic rings. The average Bonchev–Trinajstić information content (AvgIpc) is 3.05. The smallest absolute Gasteiger partial charge is 0.242 e. The number of hydrogen-bond acceptors (Lipinski definition) is 5. The van der Waals surface area contributed by atoms with Crippen molar-refractivity contribution in [3.8, 4) is 11.4 Å². The Labute approximate surface area is 144 Å². The molecule has 0 amide bonds. The standard InChI is InChI=1S/C17H16FN3O3S/c1-12-2-6-14(7-3-12)17-20-16(24-21-17)10-19-25(22,23)11-13-4-8-15(18)9-5-13/h2-9,19H,10-11H2,1H3. The van der Waals surface area contributed by atoms with E-state index in [-0.39, 0.29) is 18.2 Å². The molecule has 1 aromatic heterocycles. The van der Waals surface area contributed by atoms with E-state index in [4.69, 9.17) is 4.52 Å². The van der Waals surface area contributed by atoms with Gasteiger partial charge in [0, 0.05) is 5.56 Å². The Balaban J connectivity index is 1.63. The molecular formula is C17H16FN3O3S. The lowest BCUT2D eigenvalue weighted by Crippen LogP contribution is -2.24. The van der Waals surface area contributed by atoms with Gasteiger partial charge in [-0.2, -0.15) is 4.98 Å². The van der Waals surface area contributed by atoms with Crippen LogP contribution in [0.1, 0.15) is 17.0 Å². The highest BCUT2D eigenvalue weighted by molar-refractivity contribution is 7.88. The largest absolute Gasteiger partial charge is 0.338 e. The zero-order chi connectivity index (χ0) is 17.9. The molecule has 0 atom stereocenters. The van der Waals surface area contributed by atoms with Crippen LogP contribution in [-0.2, 0) is 22.3 Å². The molecule has 0 spiro atoms. The monoisotopic (exact) mass is 361 g/mol. The Bertz CT molecular complexity index is 952. The minimum Gasteiger partial charge on any atom is -0.338 e. The van der Waals surface area contributed by atoms with Gasteiger partial charge in [0.2, 0.25) is 21.7 Å². The van der Waals surface area contributed by atoms with Gasteiger partial charge in [-0.25, -0.2) is 17.5 Å². The molecule has 130 valence electrons. The van der Waals surface area contributed by atoms with Crippen molar-refractivity contribution in [2.45, 2.75) is 19.2 Å². The highest BCUT2D eigenvalue weighted by Gasteiger charge is 2.15. The fraction of sp³-hybridized carbons (Fsp3) is 0.176. The van der Waals surface area contributed by atoms with E-state index in [1.165, 1.54) is 24.3 Å². The molecule has 0 aliphatic carbocycles. The van der Waals surface area contributed by atoms with Crippen LogP contribution >= 0.6 is 0 Å². The van der Waals surface area contributed by atoms with Gasteiger partial charge < -0.3 is 4.52 Å². The lowest BCUT2D eigenvalue weighted by atomic mass is 10.1. The van der Waals surface area contributed by atoms with Crippen LogP contribution in [0, 0.1) is 12.7 Å². The molecule has 1 N–H and O–H groups in total. The van der Waals surface area contributed by atoms with Gasteiger partial charge in [0.25, 0.3) is 0 Å². The summed E-state index contributed by atoms with van der Waals surface area (Å²) in [5.74, 6) is -0.110. The molecule has 0 saturated heterocycles. The molecule has 0 saturated carbocycles. The second-order valence-corrected chi connectivity index (χ2v) is 7.39. The third-order valence-electron chi connectivity index (χ3n) is 3.49. The molecule has 0 fully saturated rings. The summed E-state index contributed by atoms with van der Waals surface area (Å²) in [7, 11) is -3.61. The number of aromatic nitrogens is 2. The van der Waals surface area contributed by atoms with E-state index in [2.05, 4.69) is 14.9 Å². The number of halogens is 1. The first-order valence-electron chi connectivity index (χ1n) is 7.53. The lowest BCUT2D eigenvalue weighted by Gasteiger charge is -2.04. The quantitative estimate of drug-likeness (QED) is 0.730. The van der Waals surface area contributed by atoms with Crippen LogP contribution in [0.3, 0.4) is 0 Å². The zero-order valence-corrected chi connectivity index (χ0v) is 14.3. The molecule has 0 bridgehead atoms. The maximum atomic E-state index is 12.9. The maximum absolute atomic E-state index is 12.9. The Morgan fingerprint density at radius 1 is 1.08 bits per heavy atom. The van der Waals surface area contributed by atoms with E-state index in [0.29, 0.717) is 11.4 Å². The van der Waals surface area contributed by atoms with Crippen LogP contribution in [0.4, 0.5) is 4.39 Å². The SMILES string of the molecule is Cc1ccc(-c2noc(CNS(=O)(=O)Cc3ccc(F)cc3)n2)cc1. The molecule has 0 aliphatic rings. The van der Waals surface area contributed by atoms with Crippen LogP contribution < -0.4 is 4.72 Å². The van der Waals surface area contributed by atoms with E-state index in [9.17, 15) is 12.8 Å². The number of aryl methyl sites for hydroxylation is 1. The van der Waals surface area contributed by atoms with Gasteiger partial charge in [0.15, 0.2) is 0 Å². The minimum absolute atomic E-state index is 0.109. The maximum Gasteiger partial charge on any atom is 0.242 e. The van der Waals surface area contributed by atoms with Gasteiger partial charge in [-0.3, -0.25) is 0 Å². The van der Waals surface area contributed by atoms with Gasteiger partial charge >= 0.3 is 0 Å². The summed E-state index contributed by atoms with van der Waals surface area (Å²) in [5.41, 5.74) is 2.38. The van der Waals surface area contributed by atoms with Crippen molar-refractivity contribution in [1.29, 1.82) is 0 Å². The summed E-state index contributed by atoms with van der Waals surface area (Å²) < 4.78 is 44.5. The molecule has 6 nitrogen and oxygen atoms in total. The second kappa shape index (κ2) is 7.12. The summed E-state index contributed by atoms with van der Waals surface area (Å²) in [4.78, 5) is 4.18. The molecule has 8 heteroatoms. The summed E-state index contributed by atoms with van der Waals surface area (Å²) in [6, 6.07) is 12.9. The van der Waals surface area contributed by atoms with E-state index >= 15 is 0 Å². The van der Waals surface area contributed by atoms with Crippen molar-refractivity contribution in [3.63, 3.8) is 0 Å². The normalized spacial score (nSPS) is 11.6. The van der Waals surface area contributed by atoms with E-state index in [0.717, 1.165) is 11.1 Å². The third kappa shape index (κ3) is 4.71. The van der Waals surface area contributed by atoms with Crippen LogP contribution in [0.5, 0.6) is 0 Å². The Morgan fingerprint density at radius 2 is 1.76 bits per heavy atom. The molecular weight excluding hydrogens is 345 g/mol. The number of nitrogens with one attached hydrogen (secondary N) is 1. The third-order valence-corrected chi connectivity index (χ3v) is 4.79. The summed E-state index contributed by atoms with van der Waals surface area (Å²) >= 11 is 0. The van der Waals surface area contributed by atoms with Crippen molar-refractivity contribution >= 4 is 10.0 Å². The van der Waals surface area contributed by atoms with Crippen molar-refractivity contribution < 1.29 is 17.3 Å². The highest BCUT2D eigenvalue weighted by atomic mass is 32.2. The van der Waals surface area contributed by atoms with Crippen molar-refractivity contribution in [1.82, 2.24) is 14.9 Å². The Kier molecular flexibility index (Phi) is 4.91. The first-order valence-corrected chi connectivity index (χ1v) is 9.18. The average molecular weight is 361 g/mol. The highest BCUT2D eigenvalue weighted by Crippen LogP contribution is 2.16. The van der Waals surface area contributed by atoms with Crippen LogP contribution in [0.25, 0.3) is 11.4 Å². The molecule has 2 aromatic carbocycles. The number of benzene rings is 2. The first-order chi connectivity index (χ1) is 11.9. The fourth-order valence-corrected chi connectivity index (χ4v) is 3.25. The summed E-state index contributed by atoms with van der Waals surface area (Å²) in [5, 5.41) is 3.85. The molecule has 0 unspecified atom stereocenters. The second-order valence-electron chi connectivity index (χ2n) is 5.58. The number of hydrogen-bond donors (Lipinski definition) is 1. The number of sulfonamides is 1. The lowest BCUT2D eigenvalue weighted by molar-refractivity contribution is 0.376. The van der Waals surface area contributed by atoms with Crippen LogP contribution in [0.15, 0.2) is 53.1 Å². The number of nitrogens with zero attached hydrogens (tertiary/aromatic N) is 2. The molecule has 0 aliphatic heterocycles. The van der Waals surface area contributed by atoms with Crippen LogP contribution in [0.2, 0.25) is 0 Å². The predicted octanol–water partition coefficient (Wildman–Crippen LogP) is 2.80. The van der Waals surface area contributed by atoms with Crippen LogP contribution in [-0.4, -0.2) is 18.6 Å². The fourth-order valence-electron chi connectivity index (χ4n) is 2.17.